The highest BCUT2D eigenvalue weighted by Crippen LogP contribution is 2.36. The van der Waals surface area contributed by atoms with E-state index < -0.39 is 35.8 Å². The first-order chi connectivity index (χ1) is 14.9. The largest absolute Gasteiger partial charge is 0.497 e. The Bertz CT molecular complexity index is 1060. The average molecular weight is 424 g/mol. The van der Waals surface area contributed by atoms with Gasteiger partial charge >= 0.3 is 5.97 Å². The van der Waals surface area contributed by atoms with E-state index >= 15 is 0 Å². The van der Waals surface area contributed by atoms with E-state index in [2.05, 4.69) is 0 Å². The number of esters is 1. The summed E-state index contributed by atoms with van der Waals surface area (Å²) in [6.07, 6.45) is 0. The molecule has 2 aromatic carbocycles. The molecule has 0 radical (unpaired) electrons. The van der Waals surface area contributed by atoms with Crippen molar-refractivity contribution in [1.82, 2.24) is 9.80 Å². The van der Waals surface area contributed by atoms with Gasteiger partial charge in [0.05, 0.1) is 39.0 Å². The molecular formula is C22H20N2O7. The summed E-state index contributed by atoms with van der Waals surface area (Å²) in [5, 5.41) is 0. The predicted molar refractivity (Wildman–Crippen MR) is 107 cm³/mol. The lowest BCUT2D eigenvalue weighted by atomic mass is 9.92. The summed E-state index contributed by atoms with van der Waals surface area (Å²) in [5.41, 5.74) is 1.05. The van der Waals surface area contributed by atoms with Gasteiger partial charge in [0.2, 0.25) is 5.91 Å². The highest BCUT2D eigenvalue weighted by Gasteiger charge is 2.59. The summed E-state index contributed by atoms with van der Waals surface area (Å²) in [6.45, 7) is 0.0332. The molecule has 3 amide bonds. The molecule has 31 heavy (non-hydrogen) atoms. The van der Waals surface area contributed by atoms with Crippen LogP contribution in [0, 0.1) is 0 Å². The molecule has 2 heterocycles. The first-order valence-electron chi connectivity index (χ1n) is 9.49. The molecule has 9 nitrogen and oxygen atoms in total. The van der Waals surface area contributed by atoms with E-state index in [0.29, 0.717) is 17.1 Å². The second kappa shape index (κ2) is 7.75. The second-order valence-electron chi connectivity index (χ2n) is 7.08. The molecule has 0 spiro atoms. The lowest BCUT2D eigenvalue weighted by molar-refractivity contribution is -0.172. The number of nitrogens with zero attached hydrogens (tertiary/aromatic N) is 2. The minimum Gasteiger partial charge on any atom is -0.497 e. The third-order valence-corrected chi connectivity index (χ3v) is 5.55. The van der Waals surface area contributed by atoms with Crippen LogP contribution in [0.15, 0.2) is 42.5 Å². The Labute approximate surface area is 178 Å². The Hall–Kier alpha value is -3.88. The van der Waals surface area contributed by atoms with Crippen LogP contribution in [0.5, 0.6) is 11.5 Å². The van der Waals surface area contributed by atoms with Crippen LogP contribution in [0.1, 0.15) is 26.3 Å². The Balaban J connectivity index is 1.64. The smallest absolute Gasteiger partial charge is 0.331 e. The SMILES string of the molecule is COC(=O)[C@H]1[C@H](N2C(=O)c3ccccc3C2=O)C(=O)N1Cc1ccc(OC)cc1OC. The van der Waals surface area contributed by atoms with Crippen molar-refractivity contribution in [2.45, 2.75) is 18.6 Å². The molecule has 0 bridgehead atoms. The molecule has 4 rings (SSSR count). The van der Waals surface area contributed by atoms with Crippen molar-refractivity contribution >= 4 is 23.7 Å². The zero-order valence-corrected chi connectivity index (χ0v) is 17.2. The summed E-state index contributed by atoms with van der Waals surface area (Å²) in [5.74, 6) is -1.40. The van der Waals surface area contributed by atoms with Crippen LogP contribution < -0.4 is 9.47 Å². The molecular weight excluding hydrogens is 404 g/mol. The number of likely N-dealkylation sites (tertiary alicyclic amines) is 1. The molecule has 9 heteroatoms. The summed E-state index contributed by atoms with van der Waals surface area (Å²) in [6, 6.07) is 9.01. The number of fused-ring (bicyclic) bond motifs is 1. The molecule has 0 aromatic heterocycles. The van der Waals surface area contributed by atoms with Gasteiger partial charge in [0.15, 0.2) is 12.1 Å². The standard InChI is InChI=1S/C22H20N2O7/c1-29-13-9-8-12(16(10-13)30-2)11-23-18(22(28)31-3)17(21(23)27)24-19(25)14-6-4-5-7-15(14)20(24)26/h4-10,17-18H,11H2,1-3H3/t17-,18+/m0/s1. The van der Waals surface area contributed by atoms with Crippen molar-refractivity contribution in [3.63, 3.8) is 0 Å². The maximum atomic E-state index is 13.1. The average Bonchev–Trinajstić information content (AvgIpc) is 3.05. The number of hydrogen-bond acceptors (Lipinski definition) is 7. The quantitative estimate of drug-likeness (QED) is 0.391. The van der Waals surface area contributed by atoms with Gasteiger partial charge in [-0.1, -0.05) is 12.1 Å². The lowest BCUT2D eigenvalue weighted by Gasteiger charge is -2.47. The number of amides is 3. The number of β-lactam (4-membered cyclic amide) rings is 1. The van der Waals surface area contributed by atoms with Crippen LogP contribution in [-0.2, 0) is 20.9 Å². The van der Waals surface area contributed by atoms with Crippen molar-refractivity contribution < 1.29 is 33.4 Å². The molecule has 1 saturated heterocycles. The Morgan fingerprint density at radius 1 is 0.935 bits per heavy atom. The molecule has 2 aliphatic rings. The van der Waals surface area contributed by atoms with Crippen LogP contribution in [0.25, 0.3) is 0 Å². The van der Waals surface area contributed by atoms with Crippen LogP contribution in [0.3, 0.4) is 0 Å². The van der Waals surface area contributed by atoms with Gasteiger partial charge in [-0.2, -0.15) is 0 Å². The Kier molecular flexibility index (Phi) is 5.10. The normalized spacial score (nSPS) is 19.8. The number of carbonyl (C=O) groups is 4. The molecule has 2 aromatic rings. The van der Waals surface area contributed by atoms with Gasteiger partial charge in [0, 0.05) is 11.6 Å². The van der Waals surface area contributed by atoms with Crippen molar-refractivity contribution in [3.8, 4) is 11.5 Å². The maximum absolute atomic E-state index is 13.1. The van der Waals surface area contributed by atoms with E-state index in [0.717, 1.165) is 4.90 Å². The number of rotatable bonds is 6. The summed E-state index contributed by atoms with van der Waals surface area (Å²) in [7, 11) is 4.19. The number of imide groups is 1. The summed E-state index contributed by atoms with van der Waals surface area (Å²) < 4.78 is 15.4. The molecule has 1 fully saturated rings. The van der Waals surface area contributed by atoms with Crippen molar-refractivity contribution in [2.75, 3.05) is 21.3 Å². The maximum Gasteiger partial charge on any atom is 0.331 e. The minimum atomic E-state index is -1.26. The summed E-state index contributed by atoms with van der Waals surface area (Å²) >= 11 is 0. The van der Waals surface area contributed by atoms with Gasteiger partial charge in [-0.3, -0.25) is 19.3 Å². The predicted octanol–water partition coefficient (Wildman–Crippen LogP) is 1.25. The van der Waals surface area contributed by atoms with Gasteiger partial charge in [-0.25, -0.2) is 4.79 Å². The zero-order valence-electron chi connectivity index (χ0n) is 17.2. The van der Waals surface area contributed by atoms with Gasteiger partial charge < -0.3 is 19.1 Å². The van der Waals surface area contributed by atoms with Crippen molar-refractivity contribution in [3.05, 3.63) is 59.2 Å². The Morgan fingerprint density at radius 2 is 1.58 bits per heavy atom. The van der Waals surface area contributed by atoms with E-state index in [9.17, 15) is 19.2 Å². The van der Waals surface area contributed by atoms with E-state index in [1.165, 1.54) is 38.4 Å². The van der Waals surface area contributed by atoms with Gasteiger partial charge in [0.25, 0.3) is 11.8 Å². The second-order valence-corrected chi connectivity index (χ2v) is 7.08. The van der Waals surface area contributed by atoms with Crippen LogP contribution in [-0.4, -0.2) is 66.9 Å². The van der Waals surface area contributed by atoms with Crippen LogP contribution in [0.4, 0.5) is 0 Å². The highest BCUT2D eigenvalue weighted by molar-refractivity contribution is 6.24. The molecule has 0 aliphatic carbocycles. The van der Waals surface area contributed by atoms with E-state index in [-0.39, 0.29) is 17.7 Å². The van der Waals surface area contributed by atoms with E-state index in [4.69, 9.17) is 14.2 Å². The topological polar surface area (TPSA) is 102 Å². The fraction of sp³-hybridized carbons (Fsp3) is 0.273. The minimum absolute atomic E-state index is 0.0332. The highest BCUT2D eigenvalue weighted by atomic mass is 16.5. The van der Waals surface area contributed by atoms with Gasteiger partial charge in [0.1, 0.15) is 11.5 Å². The first kappa shape index (κ1) is 20.4. The van der Waals surface area contributed by atoms with E-state index in [1.54, 1.807) is 30.3 Å². The number of carbonyl (C=O) groups excluding carboxylic acids is 4. The molecule has 0 unspecified atom stereocenters. The van der Waals surface area contributed by atoms with Crippen LogP contribution in [0.2, 0.25) is 0 Å². The molecule has 160 valence electrons. The fourth-order valence-corrected chi connectivity index (χ4v) is 3.96. The third-order valence-electron chi connectivity index (χ3n) is 5.55. The first-order valence-corrected chi connectivity index (χ1v) is 9.49. The monoisotopic (exact) mass is 424 g/mol. The Morgan fingerprint density at radius 3 is 2.13 bits per heavy atom. The fourth-order valence-electron chi connectivity index (χ4n) is 3.96. The van der Waals surface area contributed by atoms with Crippen molar-refractivity contribution in [1.29, 1.82) is 0 Å². The molecule has 2 atom stereocenters. The molecule has 2 aliphatic heterocycles. The number of ether oxygens (including phenoxy) is 3. The van der Waals surface area contributed by atoms with E-state index in [1.807, 2.05) is 0 Å². The lowest BCUT2D eigenvalue weighted by Crippen LogP contribution is -2.73. The number of benzene rings is 2. The van der Waals surface area contributed by atoms with Gasteiger partial charge in [-0.15, -0.1) is 0 Å². The zero-order chi connectivity index (χ0) is 22.3. The molecule has 0 N–H and O–H groups in total. The number of hydrogen-bond donors (Lipinski definition) is 0. The van der Waals surface area contributed by atoms with Crippen molar-refractivity contribution in [2.24, 2.45) is 0 Å². The van der Waals surface area contributed by atoms with Gasteiger partial charge in [-0.05, 0) is 24.3 Å². The third kappa shape index (κ3) is 3.09. The number of methoxy groups -OCH3 is 3. The summed E-state index contributed by atoms with van der Waals surface area (Å²) in [4.78, 5) is 53.4. The van der Waals surface area contributed by atoms with Crippen LogP contribution >= 0.6 is 0 Å². The molecule has 0 saturated carbocycles.